The molecule has 25 heavy (non-hydrogen) atoms. The van der Waals surface area contributed by atoms with E-state index in [0.717, 1.165) is 29.0 Å². The molecule has 0 bridgehead atoms. The van der Waals surface area contributed by atoms with Crippen molar-refractivity contribution in [2.75, 3.05) is 19.7 Å². The molecule has 0 amide bonds. The number of benzene rings is 3. The molecule has 0 unspecified atom stereocenters. The molecule has 0 radical (unpaired) electrons. The second kappa shape index (κ2) is 8.06. The number of methoxy groups -OCH3 is 1. The van der Waals surface area contributed by atoms with Crippen LogP contribution in [0.5, 0.6) is 5.75 Å². The Hall–Kier alpha value is -2.49. The van der Waals surface area contributed by atoms with Gasteiger partial charge in [0.2, 0.25) is 0 Å². The molecule has 0 fully saturated rings. The fourth-order valence-electron chi connectivity index (χ4n) is 2.79. The summed E-state index contributed by atoms with van der Waals surface area (Å²) in [6.07, 6.45) is 0.838. The van der Waals surface area contributed by atoms with Crippen molar-refractivity contribution in [3.05, 3.63) is 82.9 Å². The first kappa shape index (κ1) is 17.3. The van der Waals surface area contributed by atoms with Crippen molar-refractivity contribution in [3.63, 3.8) is 0 Å². The summed E-state index contributed by atoms with van der Waals surface area (Å²) in [5, 5.41) is 0.714. The van der Waals surface area contributed by atoms with Crippen molar-refractivity contribution < 1.29 is 9.57 Å². The predicted octanol–water partition coefficient (Wildman–Crippen LogP) is 5.58. The minimum atomic E-state index is 0.714. The summed E-state index contributed by atoms with van der Waals surface area (Å²) in [7, 11) is 3.28. The van der Waals surface area contributed by atoms with Crippen LogP contribution in [-0.2, 0) is 11.3 Å². The largest absolute Gasteiger partial charge is 0.496 e. The van der Waals surface area contributed by atoms with E-state index in [0.29, 0.717) is 5.02 Å². The Morgan fingerprint density at radius 1 is 0.880 bits per heavy atom. The Kier molecular flexibility index (Phi) is 5.59. The summed E-state index contributed by atoms with van der Waals surface area (Å²) in [5.74, 6) is 0.839. The van der Waals surface area contributed by atoms with Gasteiger partial charge in [0, 0.05) is 10.6 Å². The highest BCUT2D eigenvalue weighted by molar-refractivity contribution is 6.30. The van der Waals surface area contributed by atoms with E-state index in [1.165, 1.54) is 11.1 Å². The molecule has 0 aromatic heterocycles. The average Bonchev–Trinajstić information content (AvgIpc) is 2.63. The second-order valence-corrected chi connectivity index (χ2v) is 6.16. The van der Waals surface area contributed by atoms with Crippen LogP contribution in [-0.4, -0.2) is 14.2 Å². The monoisotopic (exact) mass is 353 g/mol. The molecule has 0 aliphatic heterocycles. The van der Waals surface area contributed by atoms with Gasteiger partial charge in [-0.2, -0.15) is 0 Å². The van der Waals surface area contributed by atoms with Crippen LogP contribution in [0, 0.1) is 0 Å². The van der Waals surface area contributed by atoms with Gasteiger partial charge in [0.15, 0.2) is 0 Å². The van der Waals surface area contributed by atoms with Crippen LogP contribution < -0.4 is 10.2 Å². The van der Waals surface area contributed by atoms with Crippen LogP contribution in [0.4, 0.5) is 5.69 Å². The summed E-state index contributed by atoms with van der Waals surface area (Å²) in [6, 6.07) is 22.2. The van der Waals surface area contributed by atoms with Crippen LogP contribution in [0.25, 0.3) is 11.1 Å². The third-order valence-corrected chi connectivity index (χ3v) is 4.22. The minimum Gasteiger partial charge on any atom is -0.496 e. The highest BCUT2D eigenvalue weighted by Crippen LogP contribution is 2.33. The molecule has 4 heteroatoms. The minimum absolute atomic E-state index is 0.714. The fraction of sp³-hybridized carbons (Fsp3) is 0.143. The molecule has 3 aromatic carbocycles. The van der Waals surface area contributed by atoms with Crippen molar-refractivity contribution >= 4 is 17.3 Å². The van der Waals surface area contributed by atoms with Gasteiger partial charge in [0.25, 0.3) is 0 Å². The zero-order chi connectivity index (χ0) is 17.6. The van der Waals surface area contributed by atoms with Gasteiger partial charge >= 0.3 is 0 Å². The van der Waals surface area contributed by atoms with Crippen molar-refractivity contribution in [3.8, 4) is 16.9 Å². The number of anilines is 1. The highest BCUT2D eigenvalue weighted by Gasteiger charge is 2.08. The lowest BCUT2D eigenvalue weighted by Gasteiger charge is -2.12. The van der Waals surface area contributed by atoms with Crippen molar-refractivity contribution in [2.24, 2.45) is 0 Å². The standard InChI is InChI=1S/C21H20ClNO2/c1-24-21-11-8-16(12-15-6-9-19(10-7-15)23-25-2)13-20(21)17-4-3-5-18(22)14-17/h3-11,13-14,23H,12H2,1-2H3. The molecular weight excluding hydrogens is 334 g/mol. The SMILES string of the molecule is CONc1ccc(Cc2ccc(OC)c(-c3cccc(Cl)c3)c2)cc1. The first-order valence-electron chi connectivity index (χ1n) is 8.00. The molecule has 0 aliphatic carbocycles. The summed E-state index contributed by atoms with van der Waals surface area (Å²) in [5.41, 5.74) is 8.28. The summed E-state index contributed by atoms with van der Waals surface area (Å²) in [6.45, 7) is 0. The molecule has 3 aromatic rings. The Morgan fingerprint density at radius 3 is 2.32 bits per heavy atom. The maximum atomic E-state index is 6.14. The molecule has 0 saturated carbocycles. The molecule has 0 atom stereocenters. The predicted molar refractivity (Wildman–Crippen MR) is 103 cm³/mol. The molecule has 0 saturated heterocycles. The van der Waals surface area contributed by atoms with E-state index in [1.54, 1.807) is 14.2 Å². The third-order valence-electron chi connectivity index (χ3n) is 3.98. The van der Waals surface area contributed by atoms with Crippen LogP contribution >= 0.6 is 11.6 Å². The van der Waals surface area contributed by atoms with Crippen molar-refractivity contribution in [1.82, 2.24) is 0 Å². The molecule has 3 nitrogen and oxygen atoms in total. The van der Waals surface area contributed by atoms with Crippen LogP contribution in [0.2, 0.25) is 5.02 Å². The first-order chi connectivity index (χ1) is 12.2. The zero-order valence-electron chi connectivity index (χ0n) is 14.3. The second-order valence-electron chi connectivity index (χ2n) is 5.72. The number of hydrogen-bond donors (Lipinski definition) is 1. The molecule has 3 rings (SSSR count). The van der Waals surface area contributed by atoms with Crippen LogP contribution in [0.15, 0.2) is 66.7 Å². The number of rotatable bonds is 6. The lowest BCUT2D eigenvalue weighted by Crippen LogP contribution is -1.96. The first-order valence-corrected chi connectivity index (χ1v) is 8.38. The topological polar surface area (TPSA) is 30.5 Å². The fourth-order valence-corrected chi connectivity index (χ4v) is 2.98. The molecule has 0 aliphatic rings. The van der Waals surface area contributed by atoms with E-state index < -0.39 is 0 Å². The van der Waals surface area contributed by atoms with E-state index in [2.05, 4.69) is 29.7 Å². The molecular formula is C21H20ClNO2. The van der Waals surface area contributed by atoms with Gasteiger partial charge in [0.05, 0.1) is 19.9 Å². The summed E-state index contributed by atoms with van der Waals surface area (Å²) < 4.78 is 5.52. The van der Waals surface area contributed by atoms with Gasteiger partial charge < -0.3 is 4.74 Å². The van der Waals surface area contributed by atoms with Gasteiger partial charge in [-0.25, -0.2) is 0 Å². The smallest absolute Gasteiger partial charge is 0.126 e. The Labute approximate surface area is 153 Å². The number of ether oxygens (including phenoxy) is 1. The molecule has 1 N–H and O–H groups in total. The Morgan fingerprint density at radius 2 is 1.64 bits per heavy atom. The normalized spacial score (nSPS) is 10.5. The highest BCUT2D eigenvalue weighted by atomic mass is 35.5. The maximum Gasteiger partial charge on any atom is 0.126 e. The van der Waals surface area contributed by atoms with Crippen LogP contribution in [0.1, 0.15) is 11.1 Å². The summed E-state index contributed by atoms with van der Waals surface area (Å²) >= 11 is 6.14. The molecule has 0 spiro atoms. The number of nitrogens with one attached hydrogen (secondary N) is 1. The third kappa shape index (κ3) is 4.32. The van der Waals surface area contributed by atoms with E-state index in [1.807, 2.05) is 42.5 Å². The van der Waals surface area contributed by atoms with Gasteiger partial charge in [0.1, 0.15) is 5.75 Å². The molecule has 128 valence electrons. The Bertz CT molecular complexity index is 847. The van der Waals surface area contributed by atoms with E-state index in [4.69, 9.17) is 21.2 Å². The van der Waals surface area contributed by atoms with Gasteiger partial charge in [-0.3, -0.25) is 10.3 Å². The Balaban J connectivity index is 1.89. The number of hydrogen-bond acceptors (Lipinski definition) is 3. The quantitative estimate of drug-likeness (QED) is 0.587. The average molecular weight is 354 g/mol. The van der Waals surface area contributed by atoms with Gasteiger partial charge in [-0.05, 0) is 59.5 Å². The lowest BCUT2D eigenvalue weighted by atomic mass is 9.98. The van der Waals surface area contributed by atoms with Crippen LogP contribution in [0.3, 0.4) is 0 Å². The zero-order valence-corrected chi connectivity index (χ0v) is 15.0. The van der Waals surface area contributed by atoms with Crippen molar-refractivity contribution in [2.45, 2.75) is 6.42 Å². The summed E-state index contributed by atoms with van der Waals surface area (Å²) in [4.78, 5) is 4.91. The van der Waals surface area contributed by atoms with Gasteiger partial charge in [-0.15, -0.1) is 0 Å². The van der Waals surface area contributed by atoms with E-state index in [9.17, 15) is 0 Å². The van der Waals surface area contributed by atoms with E-state index >= 15 is 0 Å². The molecule has 0 heterocycles. The van der Waals surface area contributed by atoms with Crippen molar-refractivity contribution in [1.29, 1.82) is 0 Å². The van der Waals surface area contributed by atoms with Gasteiger partial charge in [-0.1, -0.05) is 41.9 Å². The lowest BCUT2D eigenvalue weighted by molar-refractivity contribution is 0.271. The maximum absolute atomic E-state index is 6.14. The van der Waals surface area contributed by atoms with E-state index in [-0.39, 0.29) is 0 Å². The number of halogens is 1.